The number of phenols is 1. The first kappa shape index (κ1) is 16.8. The van der Waals surface area contributed by atoms with E-state index in [1.165, 1.54) is 0 Å². The molecule has 0 amide bonds. The lowest BCUT2D eigenvalue weighted by Crippen LogP contribution is -2.30. The summed E-state index contributed by atoms with van der Waals surface area (Å²) in [6, 6.07) is 8.74. The van der Waals surface area contributed by atoms with E-state index in [0.29, 0.717) is 12.2 Å². The van der Waals surface area contributed by atoms with Gasteiger partial charge in [-0.1, -0.05) is 12.1 Å². The van der Waals surface area contributed by atoms with Gasteiger partial charge in [0.25, 0.3) is 0 Å². The fraction of sp³-hybridized carbons (Fsp3) is 0.294. The highest BCUT2D eigenvalue weighted by molar-refractivity contribution is 5.76. The summed E-state index contributed by atoms with van der Waals surface area (Å²) < 4.78 is 1.57. The Labute approximate surface area is 145 Å². The van der Waals surface area contributed by atoms with Crippen molar-refractivity contribution in [1.82, 2.24) is 9.47 Å². The quantitative estimate of drug-likeness (QED) is 0.368. The maximum absolute atomic E-state index is 10.2. The van der Waals surface area contributed by atoms with E-state index in [-0.39, 0.29) is 23.6 Å². The van der Waals surface area contributed by atoms with Crippen LogP contribution in [0.5, 0.6) is 11.6 Å². The average molecular weight is 342 g/mol. The third-order valence-electron chi connectivity index (χ3n) is 4.21. The number of para-hydroxylation sites is 2. The summed E-state index contributed by atoms with van der Waals surface area (Å²) in [5.74, 6) is 0.134. The molecule has 3 rings (SSSR count). The van der Waals surface area contributed by atoms with Crippen LogP contribution in [-0.4, -0.2) is 44.4 Å². The number of guanidine groups is 1. The molecule has 0 radical (unpaired) electrons. The van der Waals surface area contributed by atoms with Crippen molar-refractivity contribution in [1.29, 1.82) is 0 Å². The van der Waals surface area contributed by atoms with E-state index in [0.717, 1.165) is 24.9 Å². The lowest BCUT2D eigenvalue weighted by Gasteiger charge is -2.20. The van der Waals surface area contributed by atoms with Gasteiger partial charge in [0.05, 0.1) is 5.69 Å². The summed E-state index contributed by atoms with van der Waals surface area (Å²) in [5, 5.41) is 27.7. The smallest absolute Gasteiger partial charge is 0.211 e. The molecule has 1 saturated heterocycles. The molecule has 2 aromatic rings. The minimum absolute atomic E-state index is 0.0644. The van der Waals surface area contributed by atoms with Gasteiger partial charge in [0.15, 0.2) is 5.88 Å². The monoisotopic (exact) mass is 342 g/mol. The van der Waals surface area contributed by atoms with Crippen LogP contribution in [0, 0.1) is 0 Å². The molecule has 2 heterocycles. The summed E-state index contributed by atoms with van der Waals surface area (Å²) in [7, 11) is 0. The summed E-state index contributed by atoms with van der Waals surface area (Å²) in [4.78, 5) is 2.25. The number of hydrogen-bond donors (Lipinski definition) is 4. The first-order chi connectivity index (χ1) is 12.0. The first-order valence-electron chi connectivity index (χ1n) is 8.09. The van der Waals surface area contributed by atoms with Gasteiger partial charge in [-0.2, -0.15) is 5.10 Å². The Morgan fingerprint density at radius 3 is 2.84 bits per heavy atom. The van der Waals surface area contributed by atoms with Crippen molar-refractivity contribution in [2.75, 3.05) is 6.54 Å². The molecule has 6 N–H and O–H groups in total. The zero-order valence-electron chi connectivity index (χ0n) is 13.8. The van der Waals surface area contributed by atoms with Crippen LogP contribution in [0.4, 0.5) is 0 Å². The van der Waals surface area contributed by atoms with Crippen molar-refractivity contribution in [3.8, 4) is 17.3 Å². The van der Waals surface area contributed by atoms with Crippen molar-refractivity contribution in [2.24, 2.45) is 21.7 Å². The molecule has 1 aromatic heterocycles. The number of phenolic OH excluding ortho intramolecular Hbond substituents is 1. The molecule has 132 valence electrons. The second-order valence-electron chi connectivity index (χ2n) is 6.03. The summed E-state index contributed by atoms with van der Waals surface area (Å²) >= 11 is 0. The zero-order valence-corrected chi connectivity index (χ0v) is 13.8. The van der Waals surface area contributed by atoms with Gasteiger partial charge in [-0.05, 0) is 37.1 Å². The van der Waals surface area contributed by atoms with Crippen molar-refractivity contribution < 1.29 is 10.2 Å². The molecular weight excluding hydrogens is 320 g/mol. The second-order valence-corrected chi connectivity index (χ2v) is 6.03. The predicted molar refractivity (Wildman–Crippen MR) is 96.8 cm³/mol. The normalized spacial score (nSPS) is 18.0. The highest BCUT2D eigenvalue weighted by Gasteiger charge is 2.24. The summed E-state index contributed by atoms with van der Waals surface area (Å²) in [5.41, 5.74) is 12.0. The van der Waals surface area contributed by atoms with Gasteiger partial charge in [0, 0.05) is 31.1 Å². The van der Waals surface area contributed by atoms with Crippen LogP contribution < -0.4 is 11.5 Å². The lowest BCUT2D eigenvalue weighted by molar-refractivity contribution is 0.297. The largest absolute Gasteiger partial charge is 0.506 e. The fourth-order valence-corrected chi connectivity index (χ4v) is 3.08. The Kier molecular flexibility index (Phi) is 4.90. The number of nitrogens with two attached hydrogens (primary N) is 2. The minimum atomic E-state index is -0.0644. The molecule has 0 bridgehead atoms. The molecule has 1 aliphatic rings. The first-order valence-corrected chi connectivity index (χ1v) is 8.09. The number of likely N-dealkylation sites (tertiary alicyclic amines) is 1. The van der Waals surface area contributed by atoms with E-state index in [1.807, 2.05) is 12.3 Å². The zero-order chi connectivity index (χ0) is 17.8. The molecule has 25 heavy (non-hydrogen) atoms. The Balaban J connectivity index is 1.75. The van der Waals surface area contributed by atoms with Crippen molar-refractivity contribution >= 4 is 12.2 Å². The topological polar surface area (TPSA) is 125 Å². The minimum Gasteiger partial charge on any atom is -0.506 e. The van der Waals surface area contributed by atoms with Gasteiger partial charge in [0.2, 0.25) is 5.96 Å². The lowest BCUT2D eigenvalue weighted by atomic mass is 10.2. The molecule has 0 saturated carbocycles. The van der Waals surface area contributed by atoms with Crippen LogP contribution in [-0.2, 0) is 6.54 Å². The number of rotatable bonds is 5. The number of hydrogen-bond acceptors (Lipinski definition) is 5. The Hall–Kier alpha value is -3.00. The third-order valence-corrected chi connectivity index (χ3v) is 4.21. The molecule has 1 atom stereocenters. The molecule has 1 unspecified atom stereocenters. The molecule has 8 heteroatoms. The van der Waals surface area contributed by atoms with Crippen LogP contribution in [0.2, 0.25) is 0 Å². The summed E-state index contributed by atoms with van der Waals surface area (Å²) in [6.45, 7) is 1.59. The highest BCUT2D eigenvalue weighted by Crippen LogP contribution is 2.29. The van der Waals surface area contributed by atoms with Crippen LogP contribution in [0.1, 0.15) is 18.4 Å². The molecular formula is C17H22N6O2. The van der Waals surface area contributed by atoms with Gasteiger partial charge in [0.1, 0.15) is 5.75 Å². The molecule has 0 spiro atoms. The highest BCUT2D eigenvalue weighted by atomic mass is 16.3. The molecule has 0 aliphatic carbocycles. The third kappa shape index (κ3) is 3.92. The van der Waals surface area contributed by atoms with Crippen molar-refractivity contribution in [2.45, 2.75) is 25.4 Å². The van der Waals surface area contributed by atoms with Crippen LogP contribution in [0.25, 0.3) is 5.69 Å². The molecule has 8 nitrogen and oxygen atoms in total. The van der Waals surface area contributed by atoms with Crippen molar-refractivity contribution in [3.05, 3.63) is 42.1 Å². The van der Waals surface area contributed by atoms with E-state index >= 15 is 0 Å². The fourth-order valence-electron chi connectivity index (χ4n) is 3.08. The van der Waals surface area contributed by atoms with Crippen molar-refractivity contribution in [3.63, 3.8) is 0 Å². The molecule has 1 fully saturated rings. The second kappa shape index (κ2) is 7.27. The number of aromatic hydroxyl groups is 2. The van der Waals surface area contributed by atoms with Gasteiger partial charge >= 0.3 is 0 Å². The van der Waals surface area contributed by atoms with Gasteiger partial charge < -0.3 is 21.7 Å². The van der Waals surface area contributed by atoms with Gasteiger partial charge in [-0.3, -0.25) is 9.47 Å². The number of aromatic nitrogens is 1. The van der Waals surface area contributed by atoms with E-state index in [2.05, 4.69) is 15.1 Å². The standard InChI is InChI=1S/C17H22N6O2/c18-17(19)21-20-9-13-4-3-7-22(13)10-12-8-16(25)23(11-12)14-5-1-2-6-15(14)24/h1-2,5-6,8-9,11,13,24-25H,3-4,7,10H2,(H4,18,19,21)/b20-9+. The number of nitrogens with zero attached hydrogens (tertiary/aromatic N) is 4. The van der Waals surface area contributed by atoms with Crippen LogP contribution in [0.15, 0.2) is 46.7 Å². The average Bonchev–Trinajstić information content (AvgIpc) is 3.15. The van der Waals surface area contributed by atoms with Gasteiger partial charge in [-0.25, -0.2) is 0 Å². The predicted octanol–water partition coefficient (Wildman–Crippen LogP) is 1.11. The summed E-state index contributed by atoms with van der Waals surface area (Å²) in [6.07, 6.45) is 5.61. The van der Waals surface area contributed by atoms with E-state index in [9.17, 15) is 10.2 Å². The molecule has 1 aliphatic heterocycles. The van der Waals surface area contributed by atoms with E-state index in [1.54, 1.807) is 35.0 Å². The maximum atomic E-state index is 10.2. The Morgan fingerprint density at radius 2 is 2.08 bits per heavy atom. The SMILES string of the molecule is NC(N)=N/N=C/C1CCCN1Cc1cc(O)n(-c2ccccc2O)c1. The van der Waals surface area contributed by atoms with E-state index < -0.39 is 0 Å². The number of benzene rings is 1. The van der Waals surface area contributed by atoms with Gasteiger partial charge in [-0.15, -0.1) is 5.10 Å². The molecule has 1 aromatic carbocycles. The van der Waals surface area contributed by atoms with Crippen LogP contribution in [0.3, 0.4) is 0 Å². The Morgan fingerprint density at radius 1 is 1.28 bits per heavy atom. The Bertz CT molecular complexity index is 794. The maximum Gasteiger partial charge on any atom is 0.211 e. The van der Waals surface area contributed by atoms with Crippen LogP contribution >= 0.6 is 0 Å². The van der Waals surface area contributed by atoms with E-state index in [4.69, 9.17) is 11.5 Å².